The standard InChI is InChI=1S/C17H13N5OS/c1-2-24-17-20-16(23)14-12-5-3-4-6-13(12)19-15(22(14)21-17)11-7-9-18-10-8-11/h3-10H,2H2,1H3/p+1. The van der Waals surface area contributed by atoms with Crippen molar-refractivity contribution in [2.45, 2.75) is 12.1 Å². The van der Waals surface area contributed by atoms with Crippen LogP contribution in [0.5, 0.6) is 0 Å². The van der Waals surface area contributed by atoms with Crippen LogP contribution < -0.4 is 10.1 Å². The van der Waals surface area contributed by atoms with E-state index in [0.29, 0.717) is 16.5 Å². The Kier molecular flexibility index (Phi) is 3.70. The normalized spacial score (nSPS) is 11.2. The predicted octanol–water partition coefficient (Wildman–Crippen LogP) is 2.23. The molecule has 24 heavy (non-hydrogen) atoms. The molecular formula is C17H14N5OS+. The van der Waals surface area contributed by atoms with Crippen LogP contribution in [0.4, 0.5) is 0 Å². The number of rotatable bonds is 3. The Morgan fingerprint density at radius 3 is 2.75 bits per heavy atom. The number of nitrogens with one attached hydrogen (secondary N) is 1. The van der Waals surface area contributed by atoms with Crippen molar-refractivity contribution in [3.05, 3.63) is 59.1 Å². The molecule has 0 fully saturated rings. The number of aromatic amines is 1. The Balaban J connectivity index is 2.18. The van der Waals surface area contributed by atoms with Gasteiger partial charge in [-0.25, -0.2) is 0 Å². The number of hydrogen-bond donors (Lipinski definition) is 1. The Labute approximate surface area is 141 Å². The van der Waals surface area contributed by atoms with Gasteiger partial charge in [-0.1, -0.05) is 40.4 Å². The van der Waals surface area contributed by atoms with E-state index in [1.54, 1.807) is 16.9 Å². The topological polar surface area (TPSA) is 75.6 Å². The first-order valence-electron chi connectivity index (χ1n) is 7.56. The minimum atomic E-state index is -0.171. The molecule has 0 bridgehead atoms. The largest absolute Gasteiger partial charge is 0.357 e. The van der Waals surface area contributed by atoms with Crippen molar-refractivity contribution in [3.8, 4) is 11.4 Å². The second kappa shape index (κ2) is 6.01. The third-order valence-electron chi connectivity index (χ3n) is 3.64. The van der Waals surface area contributed by atoms with Gasteiger partial charge < -0.3 is 0 Å². The van der Waals surface area contributed by atoms with Gasteiger partial charge in [0, 0.05) is 12.4 Å². The molecule has 0 aliphatic rings. The zero-order valence-corrected chi connectivity index (χ0v) is 13.7. The van der Waals surface area contributed by atoms with Gasteiger partial charge in [-0.2, -0.15) is 0 Å². The molecule has 3 aromatic heterocycles. The van der Waals surface area contributed by atoms with Crippen molar-refractivity contribution < 1.29 is 4.52 Å². The van der Waals surface area contributed by atoms with Crippen LogP contribution in [0.2, 0.25) is 0 Å². The highest BCUT2D eigenvalue weighted by Gasteiger charge is 2.23. The number of aromatic nitrogens is 5. The van der Waals surface area contributed by atoms with Gasteiger partial charge in [-0.15, -0.1) is 0 Å². The summed E-state index contributed by atoms with van der Waals surface area (Å²) in [4.78, 5) is 24.3. The lowest BCUT2D eigenvalue weighted by atomic mass is 10.2. The van der Waals surface area contributed by atoms with Gasteiger partial charge in [0.15, 0.2) is 5.52 Å². The van der Waals surface area contributed by atoms with Gasteiger partial charge in [0.1, 0.15) is 0 Å². The molecule has 7 heteroatoms. The van der Waals surface area contributed by atoms with Crippen molar-refractivity contribution >= 4 is 28.2 Å². The molecule has 0 aliphatic carbocycles. The number of para-hydroxylation sites is 1. The number of thioether (sulfide) groups is 1. The van der Waals surface area contributed by atoms with Crippen molar-refractivity contribution in [1.29, 1.82) is 0 Å². The lowest BCUT2D eigenvalue weighted by Crippen LogP contribution is -2.38. The van der Waals surface area contributed by atoms with E-state index in [2.05, 4.69) is 15.1 Å². The lowest BCUT2D eigenvalue weighted by molar-refractivity contribution is -0.577. The fourth-order valence-electron chi connectivity index (χ4n) is 2.63. The Morgan fingerprint density at radius 2 is 1.96 bits per heavy atom. The number of hydrogen-bond acceptors (Lipinski definition) is 5. The Hall–Kier alpha value is -2.80. The average molecular weight is 336 g/mol. The van der Waals surface area contributed by atoms with E-state index >= 15 is 0 Å². The number of pyridine rings is 1. The summed E-state index contributed by atoms with van der Waals surface area (Å²) in [5.74, 6) is 1.44. The maximum atomic E-state index is 12.7. The maximum Gasteiger partial charge on any atom is 0.357 e. The molecular weight excluding hydrogens is 322 g/mol. The first kappa shape index (κ1) is 14.8. The SMILES string of the molecule is CCSc1n[n+]2c(-c3ccncc3)nc3ccccc3c2c(=O)[nH]1. The van der Waals surface area contributed by atoms with E-state index in [1.165, 1.54) is 11.8 Å². The van der Waals surface area contributed by atoms with E-state index in [4.69, 9.17) is 4.98 Å². The van der Waals surface area contributed by atoms with E-state index in [1.807, 2.05) is 43.3 Å². The zero-order chi connectivity index (χ0) is 16.5. The van der Waals surface area contributed by atoms with E-state index in [9.17, 15) is 4.79 Å². The molecule has 0 aliphatic heterocycles. The van der Waals surface area contributed by atoms with Crippen molar-refractivity contribution in [3.63, 3.8) is 0 Å². The molecule has 4 aromatic rings. The molecule has 6 nitrogen and oxygen atoms in total. The van der Waals surface area contributed by atoms with Crippen molar-refractivity contribution in [2.75, 3.05) is 5.75 Å². The third kappa shape index (κ3) is 2.43. The van der Waals surface area contributed by atoms with Crippen LogP contribution in [-0.2, 0) is 0 Å². The lowest BCUT2D eigenvalue weighted by Gasteiger charge is -2.03. The molecule has 0 atom stereocenters. The third-order valence-corrected chi connectivity index (χ3v) is 4.39. The van der Waals surface area contributed by atoms with Gasteiger partial charge in [0.05, 0.1) is 10.9 Å². The summed E-state index contributed by atoms with van der Waals surface area (Å²) in [6.07, 6.45) is 3.40. The number of H-pyrrole nitrogens is 1. The summed E-state index contributed by atoms with van der Waals surface area (Å²) >= 11 is 1.49. The van der Waals surface area contributed by atoms with Gasteiger partial charge in [-0.3, -0.25) is 14.8 Å². The molecule has 4 rings (SSSR count). The van der Waals surface area contributed by atoms with Crippen LogP contribution in [-0.4, -0.2) is 25.8 Å². The van der Waals surface area contributed by atoms with Crippen molar-refractivity contribution in [1.82, 2.24) is 20.1 Å². The summed E-state index contributed by atoms with van der Waals surface area (Å²) in [6.45, 7) is 2.02. The minimum absolute atomic E-state index is 0.171. The zero-order valence-electron chi connectivity index (χ0n) is 12.9. The molecule has 0 saturated heterocycles. The second-order valence-electron chi connectivity index (χ2n) is 5.14. The maximum absolute atomic E-state index is 12.7. The van der Waals surface area contributed by atoms with E-state index in [0.717, 1.165) is 22.2 Å². The molecule has 0 unspecified atom stereocenters. The quantitative estimate of drug-likeness (QED) is 0.353. The van der Waals surface area contributed by atoms with Gasteiger partial charge in [0.25, 0.3) is 0 Å². The molecule has 3 heterocycles. The molecule has 1 N–H and O–H groups in total. The fraction of sp³-hybridized carbons (Fsp3) is 0.118. The van der Waals surface area contributed by atoms with E-state index < -0.39 is 0 Å². The predicted molar refractivity (Wildman–Crippen MR) is 92.9 cm³/mol. The number of nitrogens with zero attached hydrogens (tertiary/aromatic N) is 4. The average Bonchev–Trinajstić information content (AvgIpc) is 2.62. The van der Waals surface area contributed by atoms with Crippen LogP contribution in [0.3, 0.4) is 0 Å². The molecule has 1 aromatic carbocycles. The summed E-state index contributed by atoms with van der Waals surface area (Å²) in [7, 11) is 0. The summed E-state index contributed by atoms with van der Waals surface area (Å²) in [5, 5.41) is 5.94. The molecule has 0 saturated carbocycles. The summed E-state index contributed by atoms with van der Waals surface area (Å²) in [5.41, 5.74) is 1.94. The second-order valence-corrected chi connectivity index (χ2v) is 6.39. The highest BCUT2D eigenvalue weighted by molar-refractivity contribution is 7.99. The molecule has 0 spiro atoms. The van der Waals surface area contributed by atoms with Crippen LogP contribution in [0.25, 0.3) is 27.8 Å². The Bertz CT molecular complexity index is 1090. The van der Waals surface area contributed by atoms with Crippen LogP contribution >= 0.6 is 11.8 Å². The smallest absolute Gasteiger partial charge is 0.295 e. The summed E-state index contributed by atoms with van der Waals surface area (Å²) in [6, 6.07) is 11.3. The molecule has 118 valence electrons. The Morgan fingerprint density at radius 1 is 1.17 bits per heavy atom. The van der Waals surface area contributed by atoms with Crippen LogP contribution in [0.1, 0.15) is 6.92 Å². The van der Waals surface area contributed by atoms with Gasteiger partial charge in [0.2, 0.25) is 10.7 Å². The van der Waals surface area contributed by atoms with Crippen LogP contribution in [0, 0.1) is 0 Å². The van der Waals surface area contributed by atoms with Gasteiger partial charge >= 0.3 is 11.4 Å². The fourth-order valence-corrected chi connectivity index (χ4v) is 3.21. The van der Waals surface area contributed by atoms with Gasteiger partial charge in [-0.05, 0) is 35.0 Å². The molecule has 0 radical (unpaired) electrons. The monoisotopic (exact) mass is 336 g/mol. The molecule has 0 amide bonds. The van der Waals surface area contributed by atoms with Crippen molar-refractivity contribution in [2.24, 2.45) is 0 Å². The van der Waals surface area contributed by atoms with E-state index in [-0.39, 0.29) is 5.56 Å². The summed E-state index contributed by atoms with van der Waals surface area (Å²) < 4.78 is 1.63. The first-order valence-corrected chi connectivity index (χ1v) is 8.55. The van der Waals surface area contributed by atoms with Crippen LogP contribution in [0.15, 0.2) is 58.7 Å². The minimum Gasteiger partial charge on any atom is -0.295 e. The highest BCUT2D eigenvalue weighted by Crippen LogP contribution is 2.19. The highest BCUT2D eigenvalue weighted by atomic mass is 32.2. The number of benzene rings is 1. The first-order chi connectivity index (χ1) is 11.8. The number of fused-ring (bicyclic) bond motifs is 3.